The van der Waals surface area contributed by atoms with E-state index < -0.39 is 0 Å². The van der Waals surface area contributed by atoms with Crippen molar-refractivity contribution in [3.05, 3.63) is 120 Å². The van der Waals surface area contributed by atoms with Crippen molar-refractivity contribution < 1.29 is 9.18 Å². The fraction of sp³-hybridized carbons (Fsp3) is 0.188. The van der Waals surface area contributed by atoms with Gasteiger partial charge in [0, 0.05) is 61.1 Å². The van der Waals surface area contributed by atoms with E-state index in [1.165, 1.54) is 11.6 Å². The molecule has 0 spiro atoms. The average molecular weight is 565 g/mol. The van der Waals surface area contributed by atoms with Crippen LogP contribution >= 0.6 is 11.8 Å². The van der Waals surface area contributed by atoms with Gasteiger partial charge in [-0.25, -0.2) is 4.39 Å². The van der Waals surface area contributed by atoms with Crippen LogP contribution < -0.4 is 4.90 Å². The van der Waals surface area contributed by atoms with Gasteiger partial charge in [0.2, 0.25) is 0 Å². The first kappa shape index (κ1) is 26.7. The lowest BCUT2D eigenvalue weighted by Crippen LogP contribution is -2.49. The van der Waals surface area contributed by atoms with Crippen molar-refractivity contribution in [3.8, 4) is 17.1 Å². The molecule has 0 bridgehead atoms. The first-order valence-corrected chi connectivity index (χ1v) is 14.5. The van der Waals surface area contributed by atoms with Gasteiger partial charge in [-0.05, 0) is 61.0 Å². The molecular weight excluding hydrogens is 535 g/mol. The van der Waals surface area contributed by atoms with Gasteiger partial charge < -0.3 is 9.80 Å². The molecule has 2 aromatic heterocycles. The van der Waals surface area contributed by atoms with Crippen LogP contribution in [0.5, 0.6) is 0 Å². The van der Waals surface area contributed by atoms with Crippen molar-refractivity contribution in [2.75, 3.05) is 31.1 Å². The molecule has 0 N–H and O–H groups in total. The van der Waals surface area contributed by atoms with E-state index in [1.54, 1.807) is 36.3 Å². The molecule has 1 fully saturated rings. The van der Waals surface area contributed by atoms with E-state index in [-0.39, 0.29) is 11.7 Å². The molecule has 206 valence electrons. The summed E-state index contributed by atoms with van der Waals surface area (Å²) in [4.78, 5) is 21.1. The number of aromatic nitrogens is 4. The van der Waals surface area contributed by atoms with Crippen molar-refractivity contribution in [1.82, 2.24) is 24.6 Å². The van der Waals surface area contributed by atoms with Crippen LogP contribution in [0.4, 0.5) is 10.1 Å². The SMILES string of the molecule is Cc1ccc(-n2c(SCc3ccc(C(=O)N4CCN(c5ccccc5F)CC4)cc3)nnc2-c2ccncc2)cc1. The second kappa shape index (κ2) is 11.9. The topological polar surface area (TPSA) is 67.2 Å². The summed E-state index contributed by atoms with van der Waals surface area (Å²) in [7, 11) is 0. The number of rotatable bonds is 7. The van der Waals surface area contributed by atoms with Gasteiger partial charge in [0.05, 0.1) is 5.69 Å². The molecule has 0 atom stereocenters. The maximum absolute atomic E-state index is 14.2. The smallest absolute Gasteiger partial charge is 0.253 e. The minimum absolute atomic E-state index is 0.00139. The summed E-state index contributed by atoms with van der Waals surface area (Å²) in [6.45, 7) is 4.38. The lowest BCUT2D eigenvalue weighted by Gasteiger charge is -2.36. The van der Waals surface area contributed by atoms with Gasteiger partial charge in [-0.1, -0.05) is 53.7 Å². The molecular formula is C32H29FN6OS. The first-order chi connectivity index (χ1) is 20.1. The number of hydrogen-bond acceptors (Lipinski definition) is 6. The predicted molar refractivity (Wildman–Crippen MR) is 160 cm³/mol. The van der Waals surface area contributed by atoms with Crippen molar-refractivity contribution >= 4 is 23.4 Å². The normalized spacial score (nSPS) is 13.4. The van der Waals surface area contributed by atoms with E-state index in [0.29, 0.717) is 43.2 Å². The van der Waals surface area contributed by atoms with Crippen LogP contribution in [0.2, 0.25) is 0 Å². The Bertz CT molecular complexity index is 1630. The molecule has 0 saturated carbocycles. The highest BCUT2D eigenvalue weighted by Gasteiger charge is 2.23. The highest BCUT2D eigenvalue weighted by Crippen LogP contribution is 2.30. The number of para-hydroxylation sites is 1. The van der Waals surface area contributed by atoms with Gasteiger partial charge in [0.25, 0.3) is 5.91 Å². The van der Waals surface area contributed by atoms with Crippen molar-refractivity contribution in [2.45, 2.75) is 17.8 Å². The molecule has 0 radical (unpaired) electrons. The average Bonchev–Trinajstić information content (AvgIpc) is 3.45. The minimum Gasteiger partial charge on any atom is -0.366 e. The molecule has 1 saturated heterocycles. The second-order valence-electron chi connectivity index (χ2n) is 9.93. The molecule has 3 aromatic carbocycles. The zero-order chi connectivity index (χ0) is 28.2. The molecule has 0 aliphatic carbocycles. The zero-order valence-corrected chi connectivity index (χ0v) is 23.5. The van der Waals surface area contributed by atoms with E-state index in [4.69, 9.17) is 0 Å². The Balaban J connectivity index is 1.12. The van der Waals surface area contributed by atoms with E-state index >= 15 is 0 Å². The number of carbonyl (C=O) groups is 1. The summed E-state index contributed by atoms with van der Waals surface area (Å²) in [6, 6.07) is 26.7. The molecule has 0 unspecified atom stereocenters. The third-order valence-electron chi connectivity index (χ3n) is 7.19. The standard InChI is InChI=1S/C32H29FN6OS/c1-23-6-12-27(13-7-23)39-30(25-14-16-34-17-15-25)35-36-32(39)41-22-24-8-10-26(11-9-24)31(40)38-20-18-37(19-21-38)29-5-3-2-4-28(29)33/h2-17H,18-22H2,1H3. The van der Waals surface area contributed by atoms with Crippen molar-refractivity contribution in [1.29, 1.82) is 0 Å². The molecule has 1 aliphatic heterocycles. The number of carbonyl (C=O) groups excluding carboxylic acids is 1. The van der Waals surface area contributed by atoms with Crippen LogP contribution in [0.15, 0.2) is 102 Å². The van der Waals surface area contributed by atoms with Gasteiger partial charge in [0.1, 0.15) is 5.82 Å². The van der Waals surface area contributed by atoms with Crippen LogP contribution in [-0.2, 0) is 5.75 Å². The second-order valence-corrected chi connectivity index (χ2v) is 10.9. The van der Waals surface area contributed by atoms with Gasteiger partial charge in [-0.3, -0.25) is 14.3 Å². The minimum atomic E-state index is -0.230. The monoisotopic (exact) mass is 564 g/mol. The number of hydrogen-bond donors (Lipinski definition) is 0. The van der Waals surface area contributed by atoms with Crippen LogP contribution in [-0.4, -0.2) is 56.7 Å². The van der Waals surface area contributed by atoms with Crippen LogP contribution in [0.25, 0.3) is 17.1 Å². The van der Waals surface area contributed by atoms with Crippen LogP contribution in [0.3, 0.4) is 0 Å². The molecule has 1 amide bonds. The number of nitrogens with zero attached hydrogens (tertiary/aromatic N) is 6. The molecule has 6 rings (SSSR count). The summed E-state index contributed by atoms with van der Waals surface area (Å²) in [5.74, 6) is 1.20. The number of amides is 1. The fourth-order valence-corrected chi connectivity index (χ4v) is 5.82. The summed E-state index contributed by atoms with van der Waals surface area (Å²) < 4.78 is 16.2. The van der Waals surface area contributed by atoms with Gasteiger partial charge in [-0.2, -0.15) is 0 Å². The predicted octanol–water partition coefficient (Wildman–Crippen LogP) is 6.03. The molecule has 5 aromatic rings. The third kappa shape index (κ3) is 5.85. The van der Waals surface area contributed by atoms with E-state index in [0.717, 1.165) is 27.8 Å². The van der Waals surface area contributed by atoms with Gasteiger partial charge >= 0.3 is 0 Å². The Hall–Kier alpha value is -4.50. The molecule has 41 heavy (non-hydrogen) atoms. The Morgan fingerprint density at radius 2 is 1.56 bits per heavy atom. The van der Waals surface area contributed by atoms with Crippen LogP contribution in [0.1, 0.15) is 21.5 Å². The summed E-state index contributed by atoms with van der Waals surface area (Å²) in [5, 5.41) is 9.81. The maximum Gasteiger partial charge on any atom is 0.253 e. The summed E-state index contributed by atoms with van der Waals surface area (Å²) in [6.07, 6.45) is 3.50. The summed E-state index contributed by atoms with van der Waals surface area (Å²) in [5.41, 5.74) is 5.44. The van der Waals surface area contributed by atoms with Gasteiger partial charge in [-0.15, -0.1) is 10.2 Å². The van der Waals surface area contributed by atoms with E-state index in [9.17, 15) is 9.18 Å². The molecule has 7 nitrogen and oxygen atoms in total. The Labute approximate surface area is 242 Å². The number of piperazine rings is 1. The Morgan fingerprint density at radius 1 is 0.854 bits per heavy atom. The fourth-order valence-electron chi connectivity index (χ4n) is 4.91. The Morgan fingerprint density at radius 3 is 2.27 bits per heavy atom. The number of thioether (sulfide) groups is 1. The lowest BCUT2D eigenvalue weighted by atomic mass is 10.1. The number of anilines is 1. The largest absolute Gasteiger partial charge is 0.366 e. The highest BCUT2D eigenvalue weighted by molar-refractivity contribution is 7.98. The maximum atomic E-state index is 14.2. The van der Waals surface area contributed by atoms with Crippen molar-refractivity contribution in [2.24, 2.45) is 0 Å². The molecule has 1 aliphatic rings. The Kier molecular flexibility index (Phi) is 7.78. The number of halogens is 1. The van der Waals surface area contributed by atoms with Crippen LogP contribution in [0, 0.1) is 12.7 Å². The lowest BCUT2D eigenvalue weighted by molar-refractivity contribution is 0.0746. The van der Waals surface area contributed by atoms with Gasteiger partial charge in [0.15, 0.2) is 11.0 Å². The van der Waals surface area contributed by atoms with E-state index in [2.05, 4.69) is 50.9 Å². The highest BCUT2D eigenvalue weighted by atomic mass is 32.2. The molecule has 3 heterocycles. The zero-order valence-electron chi connectivity index (χ0n) is 22.7. The third-order valence-corrected chi connectivity index (χ3v) is 8.19. The van der Waals surface area contributed by atoms with Crippen molar-refractivity contribution in [3.63, 3.8) is 0 Å². The quantitative estimate of drug-likeness (QED) is 0.225. The number of benzene rings is 3. The summed E-state index contributed by atoms with van der Waals surface area (Å²) >= 11 is 1.60. The molecule has 9 heteroatoms. The first-order valence-electron chi connectivity index (χ1n) is 13.5. The number of pyridine rings is 1. The number of aryl methyl sites for hydroxylation is 1. The van der Waals surface area contributed by atoms with E-state index in [1.807, 2.05) is 52.3 Å².